The summed E-state index contributed by atoms with van der Waals surface area (Å²) in [5.74, 6) is -16.3. The van der Waals surface area contributed by atoms with Gasteiger partial charge in [0, 0.05) is 0 Å². The Morgan fingerprint density at radius 3 is 1.83 bits per heavy atom. The third kappa shape index (κ3) is 3.11. The summed E-state index contributed by atoms with van der Waals surface area (Å²) in [5, 5.41) is 7.72. The summed E-state index contributed by atoms with van der Waals surface area (Å²) in [5.41, 5.74) is 0. The van der Waals surface area contributed by atoms with E-state index < -0.39 is 44.0 Å². The second kappa shape index (κ2) is 4.91. The SMILES string of the molecule is C[O][Sb](=[O])([OH])[O]C(F)(F)C(F)(F)C(F)(F)C(=O)O. The second-order valence-corrected chi connectivity index (χ2v) is 6.95. The van der Waals surface area contributed by atoms with Crippen LogP contribution in [0.1, 0.15) is 0 Å². The average Bonchev–Trinajstić information content (AvgIpc) is 2.15. The van der Waals surface area contributed by atoms with Crippen LogP contribution in [0, 0.1) is 0 Å². The fourth-order valence-electron chi connectivity index (χ4n) is 0.557. The number of carboxylic acids is 1. The zero-order chi connectivity index (χ0) is 15.0. The van der Waals surface area contributed by atoms with Gasteiger partial charge < -0.3 is 0 Å². The molecule has 0 aliphatic carbocycles. The molecular weight excluding hydrogens is 392 g/mol. The van der Waals surface area contributed by atoms with Gasteiger partial charge in [-0.3, -0.25) is 0 Å². The molecule has 0 heterocycles. The van der Waals surface area contributed by atoms with Crippen molar-refractivity contribution in [3.63, 3.8) is 0 Å². The summed E-state index contributed by atoms with van der Waals surface area (Å²) in [6.45, 7) is 0. The zero-order valence-electron chi connectivity index (χ0n) is 8.24. The molecule has 0 bridgehead atoms. The van der Waals surface area contributed by atoms with Crippen LogP contribution in [0.4, 0.5) is 26.3 Å². The van der Waals surface area contributed by atoms with E-state index in [0.29, 0.717) is 7.11 Å². The van der Waals surface area contributed by atoms with Crippen LogP contribution in [0.25, 0.3) is 0 Å². The van der Waals surface area contributed by atoms with Crippen LogP contribution >= 0.6 is 0 Å². The molecule has 0 spiro atoms. The Kier molecular flexibility index (Phi) is 4.79. The molecule has 0 fully saturated rings. The van der Waals surface area contributed by atoms with Crippen molar-refractivity contribution in [2.75, 3.05) is 7.11 Å². The summed E-state index contributed by atoms with van der Waals surface area (Å²) in [6, 6.07) is 0. The van der Waals surface area contributed by atoms with Crippen molar-refractivity contribution in [3.05, 3.63) is 0 Å². The predicted molar refractivity (Wildman–Crippen MR) is 39.2 cm³/mol. The first-order chi connectivity index (χ1) is 7.71. The Labute approximate surface area is 100 Å². The summed E-state index contributed by atoms with van der Waals surface area (Å²) in [6.07, 6.45) is -6.22. The van der Waals surface area contributed by atoms with E-state index in [2.05, 4.69) is 6.03 Å². The van der Waals surface area contributed by atoms with Crippen molar-refractivity contribution < 1.29 is 48.7 Å². The van der Waals surface area contributed by atoms with E-state index in [1.54, 1.807) is 0 Å². The molecule has 0 aromatic carbocycles. The summed E-state index contributed by atoms with van der Waals surface area (Å²) >= 11 is -6.69. The van der Waals surface area contributed by atoms with Crippen molar-refractivity contribution in [2.24, 2.45) is 0 Å². The first-order valence-electron chi connectivity index (χ1n) is 3.67. The van der Waals surface area contributed by atoms with Gasteiger partial charge in [0.05, 0.1) is 0 Å². The van der Waals surface area contributed by atoms with Crippen molar-refractivity contribution in [2.45, 2.75) is 18.0 Å². The fourth-order valence-corrected chi connectivity index (χ4v) is 1.92. The molecular formula is C5H5F6O6Sb. The van der Waals surface area contributed by atoms with Crippen LogP contribution in [0.15, 0.2) is 0 Å². The van der Waals surface area contributed by atoms with Crippen LogP contribution < -0.4 is 0 Å². The molecule has 0 aromatic heterocycles. The quantitative estimate of drug-likeness (QED) is 0.500. The molecule has 0 radical (unpaired) electrons. The van der Waals surface area contributed by atoms with Crippen LogP contribution in [-0.2, 0) is 13.8 Å². The molecule has 1 atom stereocenters. The standard InChI is InChI=1S/C4HF6O3.CH3O.H2O.O.Sb/c5-2(6,1(11)12)3(7,8)4(9,10)13;1-2;;;/h(H,11,12);1H3;1H2;;/q2*-1;;;+3/p-1. The normalized spacial score (nSPS) is 17.3. The van der Waals surface area contributed by atoms with E-state index in [1.165, 1.54) is 0 Å². The maximum absolute atomic E-state index is 12.6. The number of alkyl halides is 6. The van der Waals surface area contributed by atoms with Gasteiger partial charge in [0.25, 0.3) is 0 Å². The third-order valence-corrected chi connectivity index (χ3v) is 4.12. The first-order valence-corrected chi connectivity index (χ1v) is 7.94. The topological polar surface area (TPSA) is 93.1 Å². The molecule has 0 aliphatic rings. The first kappa shape index (κ1) is 17.5. The molecule has 108 valence electrons. The minimum atomic E-state index is -6.69. The minimum absolute atomic E-state index is 0.335. The van der Waals surface area contributed by atoms with E-state index in [-0.39, 0.29) is 0 Å². The molecule has 0 amide bonds. The molecule has 0 saturated carbocycles. The van der Waals surface area contributed by atoms with Crippen LogP contribution in [0.2, 0.25) is 0 Å². The molecule has 0 rings (SSSR count). The molecule has 0 saturated heterocycles. The molecule has 18 heavy (non-hydrogen) atoms. The Morgan fingerprint density at radius 2 is 1.56 bits per heavy atom. The monoisotopic (exact) mass is 396 g/mol. The molecule has 0 aliphatic heterocycles. The van der Waals surface area contributed by atoms with Gasteiger partial charge in [-0.15, -0.1) is 0 Å². The zero-order valence-corrected chi connectivity index (χ0v) is 10.8. The molecule has 6 nitrogen and oxygen atoms in total. The number of hydrogen-bond donors (Lipinski definition) is 2. The Balaban J connectivity index is 5.46. The van der Waals surface area contributed by atoms with E-state index in [9.17, 15) is 34.2 Å². The van der Waals surface area contributed by atoms with Gasteiger partial charge in [-0.05, 0) is 0 Å². The molecule has 1 unspecified atom stereocenters. The third-order valence-electron chi connectivity index (χ3n) is 1.49. The van der Waals surface area contributed by atoms with Crippen LogP contribution in [-0.4, -0.2) is 59.6 Å². The van der Waals surface area contributed by atoms with Gasteiger partial charge in [-0.25, -0.2) is 0 Å². The predicted octanol–water partition coefficient (Wildman–Crippen LogP) is 0.456. The fraction of sp³-hybridized carbons (Fsp3) is 0.800. The van der Waals surface area contributed by atoms with Crippen molar-refractivity contribution in [1.82, 2.24) is 0 Å². The number of carbonyl (C=O) groups is 1. The number of carboxylic acid groups (broad SMARTS) is 1. The van der Waals surface area contributed by atoms with Gasteiger partial charge in [-0.1, -0.05) is 0 Å². The van der Waals surface area contributed by atoms with Gasteiger partial charge in [0.15, 0.2) is 0 Å². The molecule has 2 N–H and O–H groups in total. The molecule has 13 heteroatoms. The summed E-state index contributed by atoms with van der Waals surface area (Å²) in [7, 11) is 0.335. The van der Waals surface area contributed by atoms with Crippen molar-refractivity contribution in [1.29, 1.82) is 0 Å². The van der Waals surface area contributed by atoms with E-state index in [0.717, 1.165) is 0 Å². The number of rotatable bonds is 6. The van der Waals surface area contributed by atoms with Crippen molar-refractivity contribution >= 4 is 26.0 Å². The Bertz CT molecular complexity index is 383. The van der Waals surface area contributed by atoms with Gasteiger partial charge in [0.1, 0.15) is 0 Å². The summed E-state index contributed by atoms with van der Waals surface area (Å²) in [4.78, 5) is 9.78. The number of halogens is 6. The summed E-state index contributed by atoms with van der Waals surface area (Å²) < 4.78 is 100. The number of aliphatic carboxylic acids is 1. The Morgan fingerprint density at radius 1 is 1.17 bits per heavy atom. The number of hydrogen-bond acceptors (Lipinski definition) is 4. The maximum atomic E-state index is 12.6. The van der Waals surface area contributed by atoms with Crippen molar-refractivity contribution in [3.8, 4) is 0 Å². The van der Waals surface area contributed by atoms with Gasteiger partial charge in [-0.2, -0.15) is 0 Å². The van der Waals surface area contributed by atoms with E-state index in [1.807, 2.05) is 0 Å². The Hall–Kier alpha value is -0.452. The van der Waals surface area contributed by atoms with Crippen LogP contribution in [0.3, 0.4) is 0 Å². The van der Waals surface area contributed by atoms with Gasteiger partial charge in [0.2, 0.25) is 0 Å². The van der Waals surface area contributed by atoms with Crippen LogP contribution in [0.5, 0.6) is 0 Å². The van der Waals surface area contributed by atoms with E-state index in [4.69, 9.17) is 8.49 Å². The average molecular weight is 397 g/mol. The molecule has 0 aromatic rings. The van der Waals surface area contributed by atoms with E-state index >= 15 is 0 Å². The van der Waals surface area contributed by atoms with Gasteiger partial charge >= 0.3 is 99.8 Å². The second-order valence-electron chi connectivity index (χ2n) is 2.71.